The second-order valence-corrected chi connectivity index (χ2v) is 5.50. The molecular formula is C14H18Cl2N2O. The van der Waals surface area contributed by atoms with Gasteiger partial charge in [-0.1, -0.05) is 29.3 Å². The largest absolute Gasteiger partial charge is 0.506 e. The first kappa shape index (κ1) is 14.7. The Bertz CT molecular complexity index is 459. The maximum absolute atomic E-state index is 10.2. The lowest BCUT2D eigenvalue weighted by Crippen LogP contribution is -2.45. The summed E-state index contributed by atoms with van der Waals surface area (Å²) < 4.78 is 0. The molecule has 0 radical (unpaired) electrons. The Morgan fingerprint density at radius 1 is 1.37 bits per heavy atom. The van der Waals surface area contributed by atoms with Gasteiger partial charge in [0.05, 0.1) is 5.02 Å². The van der Waals surface area contributed by atoms with Crippen LogP contribution < -0.4 is 5.32 Å². The lowest BCUT2D eigenvalue weighted by Gasteiger charge is -2.35. The lowest BCUT2D eigenvalue weighted by molar-refractivity contribution is 0.172. The SMILES string of the molecule is C=CC[C@@H](c1cc(Cl)cc(Cl)c1O)N1CCNCC1. The van der Waals surface area contributed by atoms with E-state index in [2.05, 4.69) is 16.8 Å². The first-order valence-corrected chi connectivity index (χ1v) is 7.12. The molecule has 2 N–H and O–H groups in total. The summed E-state index contributed by atoms with van der Waals surface area (Å²) in [5, 5.41) is 14.3. The Labute approximate surface area is 123 Å². The predicted octanol–water partition coefficient (Wildman–Crippen LogP) is 3.22. The molecule has 0 spiro atoms. The molecule has 0 aliphatic carbocycles. The fourth-order valence-corrected chi connectivity index (χ4v) is 2.97. The number of aromatic hydroxyl groups is 1. The molecular weight excluding hydrogens is 283 g/mol. The highest BCUT2D eigenvalue weighted by molar-refractivity contribution is 6.35. The number of nitrogens with zero attached hydrogens (tertiary/aromatic N) is 1. The van der Waals surface area contributed by atoms with Crippen molar-refractivity contribution < 1.29 is 5.11 Å². The topological polar surface area (TPSA) is 35.5 Å². The van der Waals surface area contributed by atoms with Crippen LogP contribution in [-0.4, -0.2) is 36.2 Å². The van der Waals surface area contributed by atoms with Gasteiger partial charge in [-0.05, 0) is 18.6 Å². The molecule has 0 bridgehead atoms. The number of hydrogen-bond donors (Lipinski definition) is 2. The summed E-state index contributed by atoms with van der Waals surface area (Å²) in [7, 11) is 0. The second kappa shape index (κ2) is 6.62. The van der Waals surface area contributed by atoms with Crippen molar-refractivity contribution in [2.24, 2.45) is 0 Å². The van der Waals surface area contributed by atoms with Crippen LogP contribution in [0.5, 0.6) is 5.75 Å². The molecule has 1 fully saturated rings. The van der Waals surface area contributed by atoms with E-state index in [-0.39, 0.29) is 11.8 Å². The number of hydrogen-bond acceptors (Lipinski definition) is 3. The van der Waals surface area contributed by atoms with E-state index in [1.807, 2.05) is 6.08 Å². The van der Waals surface area contributed by atoms with Gasteiger partial charge in [-0.15, -0.1) is 6.58 Å². The van der Waals surface area contributed by atoms with Crippen molar-refractivity contribution in [1.82, 2.24) is 10.2 Å². The fraction of sp³-hybridized carbons (Fsp3) is 0.429. The van der Waals surface area contributed by atoms with Crippen molar-refractivity contribution >= 4 is 23.2 Å². The minimum Gasteiger partial charge on any atom is -0.506 e. The van der Waals surface area contributed by atoms with Crippen LogP contribution >= 0.6 is 23.2 Å². The molecule has 0 amide bonds. The predicted molar refractivity (Wildman–Crippen MR) is 80.1 cm³/mol. The first-order chi connectivity index (χ1) is 9.13. The van der Waals surface area contributed by atoms with Crippen LogP contribution in [-0.2, 0) is 0 Å². The van der Waals surface area contributed by atoms with E-state index < -0.39 is 0 Å². The van der Waals surface area contributed by atoms with E-state index in [1.165, 1.54) is 0 Å². The van der Waals surface area contributed by atoms with Crippen molar-refractivity contribution in [3.05, 3.63) is 40.4 Å². The zero-order valence-corrected chi connectivity index (χ0v) is 12.2. The summed E-state index contributed by atoms with van der Waals surface area (Å²) in [6.45, 7) is 7.56. The summed E-state index contributed by atoms with van der Waals surface area (Å²) in [6.07, 6.45) is 2.62. The molecule has 1 heterocycles. The standard InChI is InChI=1S/C14H18Cl2N2O/c1-2-3-13(18-6-4-17-5-7-18)11-8-10(15)9-12(16)14(11)19/h2,8-9,13,17,19H,1,3-7H2/t13-/m0/s1. The van der Waals surface area contributed by atoms with Crippen LogP contribution in [0.25, 0.3) is 0 Å². The molecule has 1 aromatic rings. The summed E-state index contributed by atoms with van der Waals surface area (Å²) >= 11 is 12.1. The van der Waals surface area contributed by atoms with E-state index in [9.17, 15) is 5.11 Å². The Kier molecular flexibility index (Phi) is 5.11. The minimum atomic E-state index is 0.0656. The molecule has 1 aliphatic rings. The van der Waals surface area contributed by atoms with Gasteiger partial charge in [0, 0.05) is 42.8 Å². The molecule has 1 aliphatic heterocycles. The highest BCUT2D eigenvalue weighted by Gasteiger charge is 2.24. The number of phenols is 1. The average Bonchev–Trinajstić information content (AvgIpc) is 2.41. The van der Waals surface area contributed by atoms with Crippen molar-refractivity contribution in [2.45, 2.75) is 12.5 Å². The molecule has 0 saturated carbocycles. The van der Waals surface area contributed by atoms with Crippen LogP contribution in [0.4, 0.5) is 0 Å². The van der Waals surface area contributed by atoms with E-state index in [1.54, 1.807) is 12.1 Å². The van der Waals surface area contributed by atoms with Gasteiger partial charge in [-0.2, -0.15) is 0 Å². The van der Waals surface area contributed by atoms with Gasteiger partial charge in [-0.3, -0.25) is 4.90 Å². The molecule has 3 nitrogen and oxygen atoms in total. The van der Waals surface area contributed by atoms with Crippen LogP contribution in [0.2, 0.25) is 10.0 Å². The number of benzene rings is 1. The summed E-state index contributed by atoms with van der Waals surface area (Å²) in [6, 6.07) is 3.42. The van der Waals surface area contributed by atoms with Gasteiger partial charge in [-0.25, -0.2) is 0 Å². The zero-order valence-electron chi connectivity index (χ0n) is 10.7. The smallest absolute Gasteiger partial charge is 0.139 e. The third-order valence-corrected chi connectivity index (χ3v) is 3.91. The highest BCUT2D eigenvalue weighted by Crippen LogP contribution is 2.38. The number of halogens is 2. The number of piperazine rings is 1. The molecule has 0 aromatic heterocycles. The third kappa shape index (κ3) is 3.42. The second-order valence-electron chi connectivity index (χ2n) is 4.65. The van der Waals surface area contributed by atoms with Crippen LogP contribution in [0.3, 0.4) is 0 Å². The molecule has 104 valence electrons. The van der Waals surface area contributed by atoms with Crippen molar-refractivity contribution in [1.29, 1.82) is 0 Å². The van der Waals surface area contributed by atoms with Crippen LogP contribution in [0.1, 0.15) is 18.0 Å². The molecule has 19 heavy (non-hydrogen) atoms. The molecule has 2 rings (SSSR count). The van der Waals surface area contributed by atoms with Gasteiger partial charge < -0.3 is 10.4 Å². The summed E-state index contributed by atoms with van der Waals surface area (Å²) in [4.78, 5) is 2.32. The summed E-state index contributed by atoms with van der Waals surface area (Å²) in [5.41, 5.74) is 0.777. The lowest BCUT2D eigenvalue weighted by atomic mass is 10.00. The quantitative estimate of drug-likeness (QED) is 0.838. The molecule has 0 unspecified atom stereocenters. The van der Waals surface area contributed by atoms with Crippen molar-refractivity contribution in [3.63, 3.8) is 0 Å². The molecule has 5 heteroatoms. The van der Waals surface area contributed by atoms with Crippen molar-refractivity contribution in [3.8, 4) is 5.75 Å². The third-order valence-electron chi connectivity index (χ3n) is 3.40. The van der Waals surface area contributed by atoms with Crippen LogP contribution in [0, 0.1) is 0 Å². The van der Waals surface area contributed by atoms with E-state index in [4.69, 9.17) is 23.2 Å². The number of nitrogens with one attached hydrogen (secondary N) is 1. The molecule has 1 atom stereocenters. The van der Waals surface area contributed by atoms with E-state index in [0.717, 1.165) is 38.2 Å². The Morgan fingerprint density at radius 3 is 2.68 bits per heavy atom. The van der Waals surface area contributed by atoms with Gasteiger partial charge >= 0.3 is 0 Å². The summed E-state index contributed by atoms with van der Waals surface area (Å²) in [5.74, 6) is 0.122. The van der Waals surface area contributed by atoms with Gasteiger partial charge in [0.25, 0.3) is 0 Å². The van der Waals surface area contributed by atoms with Crippen LogP contribution in [0.15, 0.2) is 24.8 Å². The Hall–Kier alpha value is -0.740. The van der Waals surface area contributed by atoms with E-state index >= 15 is 0 Å². The van der Waals surface area contributed by atoms with Crippen molar-refractivity contribution in [2.75, 3.05) is 26.2 Å². The highest BCUT2D eigenvalue weighted by atomic mass is 35.5. The van der Waals surface area contributed by atoms with E-state index in [0.29, 0.717) is 10.0 Å². The van der Waals surface area contributed by atoms with Gasteiger partial charge in [0.2, 0.25) is 0 Å². The normalized spacial score (nSPS) is 18.2. The zero-order chi connectivity index (χ0) is 13.8. The van der Waals surface area contributed by atoms with Gasteiger partial charge in [0.1, 0.15) is 5.75 Å². The van der Waals surface area contributed by atoms with Gasteiger partial charge in [0.15, 0.2) is 0 Å². The monoisotopic (exact) mass is 300 g/mol. The number of phenolic OH excluding ortho intramolecular Hbond substituents is 1. The Morgan fingerprint density at radius 2 is 2.05 bits per heavy atom. The molecule has 1 saturated heterocycles. The minimum absolute atomic E-state index is 0.0656. The fourth-order valence-electron chi connectivity index (χ4n) is 2.46. The average molecular weight is 301 g/mol. The Balaban J connectivity index is 2.34. The maximum atomic E-state index is 10.2. The first-order valence-electron chi connectivity index (χ1n) is 6.37. The number of rotatable bonds is 4. The molecule has 1 aromatic carbocycles. The maximum Gasteiger partial charge on any atom is 0.139 e.